The lowest BCUT2D eigenvalue weighted by atomic mass is 10.1. The predicted octanol–water partition coefficient (Wildman–Crippen LogP) is 2.78. The van der Waals surface area contributed by atoms with Crippen LogP contribution in [-0.4, -0.2) is 53.9 Å². The minimum Gasteiger partial charge on any atom is -0.464 e. The fourth-order valence-electron chi connectivity index (χ4n) is 2.51. The van der Waals surface area contributed by atoms with E-state index in [9.17, 15) is 9.59 Å². The Morgan fingerprint density at radius 1 is 1.24 bits per heavy atom. The number of pyridine rings is 1. The Labute approximate surface area is 148 Å². The first-order valence-corrected chi connectivity index (χ1v) is 8.42. The number of hydrogen-bond acceptors (Lipinski definition) is 6. The third kappa shape index (κ3) is 6.01. The molecular formula is C18H26N2O5. The van der Waals surface area contributed by atoms with Crippen molar-refractivity contribution in [1.82, 2.24) is 9.88 Å². The quantitative estimate of drug-likeness (QED) is 0.777. The van der Waals surface area contributed by atoms with E-state index < -0.39 is 11.6 Å². The predicted molar refractivity (Wildman–Crippen MR) is 91.2 cm³/mol. The number of methoxy groups -OCH3 is 1. The van der Waals surface area contributed by atoms with Gasteiger partial charge in [0.2, 0.25) is 0 Å². The molecule has 0 N–H and O–H groups in total. The van der Waals surface area contributed by atoms with E-state index in [2.05, 4.69) is 9.72 Å². The van der Waals surface area contributed by atoms with Crippen molar-refractivity contribution in [3.8, 4) is 0 Å². The number of rotatable bonds is 4. The van der Waals surface area contributed by atoms with Gasteiger partial charge in [-0.1, -0.05) is 6.07 Å². The minimum absolute atomic E-state index is 0.0577. The van der Waals surface area contributed by atoms with Crippen molar-refractivity contribution < 1.29 is 23.8 Å². The molecule has 2 rings (SSSR count). The monoisotopic (exact) mass is 350 g/mol. The van der Waals surface area contributed by atoms with Gasteiger partial charge in [0.1, 0.15) is 11.3 Å². The Bertz CT molecular complexity index is 604. The van der Waals surface area contributed by atoms with Crippen molar-refractivity contribution in [3.05, 3.63) is 29.6 Å². The highest BCUT2D eigenvalue weighted by Crippen LogP contribution is 2.18. The molecule has 0 unspecified atom stereocenters. The molecule has 1 aliphatic rings. The van der Waals surface area contributed by atoms with Crippen molar-refractivity contribution in [3.63, 3.8) is 0 Å². The zero-order valence-electron chi connectivity index (χ0n) is 15.3. The van der Waals surface area contributed by atoms with Gasteiger partial charge in [0.25, 0.3) is 0 Å². The van der Waals surface area contributed by atoms with Gasteiger partial charge < -0.3 is 19.1 Å². The molecule has 0 saturated carbocycles. The van der Waals surface area contributed by atoms with Gasteiger partial charge in [0.05, 0.1) is 25.5 Å². The summed E-state index contributed by atoms with van der Waals surface area (Å²) in [5.74, 6) is -0.465. The van der Waals surface area contributed by atoms with E-state index in [0.717, 1.165) is 12.8 Å². The first-order chi connectivity index (χ1) is 11.8. The molecule has 1 fully saturated rings. The number of aromatic nitrogens is 1. The molecule has 0 atom stereocenters. The summed E-state index contributed by atoms with van der Waals surface area (Å²) in [5.41, 5.74) is 0.460. The van der Waals surface area contributed by atoms with E-state index in [-0.39, 0.29) is 17.9 Å². The molecule has 0 spiro atoms. The summed E-state index contributed by atoms with van der Waals surface area (Å²) in [6.07, 6.45) is 1.27. The molecule has 1 saturated heterocycles. The summed E-state index contributed by atoms with van der Waals surface area (Å²) < 4.78 is 15.9. The number of piperidine rings is 1. The highest BCUT2D eigenvalue weighted by atomic mass is 16.6. The Balaban J connectivity index is 1.79. The van der Waals surface area contributed by atoms with E-state index >= 15 is 0 Å². The maximum Gasteiger partial charge on any atom is 0.410 e. The first-order valence-electron chi connectivity index (χ1n) is 8.42. The van der Waals surface area contributed by atoms with Gasteiger partial charge in [-0.2, -0.15) is 0 Å². The Kier molecular flexibility index (Phi) is 6.36. The van der Waals surface area contributed by atoms with Gasteiger partial charge in [-0.05, 0) is 45.7 Å². The van der Waals surface area contributed by atoms with Crippen molar-refractivity contribution >= 4 is 12.1 Å². The van der Waals surface area contributed by atoms with Crippen LogP contribution in [0.1, 0.15) is 49.8 Å². The molecule has 7 nitrogen and oxygen atoms in total. The molecule has 138 valence electrons. The van der Waals surface area contributed by atoms with Crippen LogP contribution < -0.4 is 0 Å². The fourth-order valence-corrected chi connectivity index (χ4v) is 2.51. The van der Waals surface area contributed by atoms with Crippen LogP contribution in [0, 0.1) is 0 Å². The molecule has 1 amide bonds. The summed E-state index contributed by atoms with van der Waals surface area (Å²) in [5, 5.41) is 0. The lowest BCUT2D eigenvalue weighted by molar-refractivity contribution is -0.0178. The maximum atomic E-state index is 12.0. The van der Waals surface area contributed by atoms with Crippen LogP contribution in [0.5, 0.6) is 0 Å². The molecule has 1 aromatic rings. The van der Waals surface area contributed by atoms with Crippen LogP contribution >= 0.6 is 0 Å². The lowest BCUT2D eigenvalue weighted by Gasteiger charge is -2.33. The smallest absolute Gasteiger partial charge is 0.410 e. The van der Waals surface area contributed by atoms with Gasteiger partial charge in [-0.3, -0.25) is 0 Å². The minimum atomic E-state index is -0.485. The van der Waals surface area contributed by atoms with Crippen LogP contribution in [-0.2, 0) is 20.8 Å². The molecule has 25 heavy (non-hydrogen) atoms. The number of esters is 1. The topological polar surface area (TPSA) is 78.0 Å². The number of likely N-dealkylation sites (tertiary alicyclic amines) is 1. The van der Waals surface area contributed by atoms with Gasteiger partial charge in [-0.25, -0.2) is 14.6 Å². The summed E-state index contributed by atoms with van der Waals surface area (Å²) in [6.45, 7) is 7.11. The van der Waals surface area contributed by atoms with E-state index in [1.165, 1.54) is 7.11 Å². The number of carbonyl (C=O) groups excluding carboxylic acids is 2. The molecule has 0 radical (unpaired) electrons. The number of amides is 1. The average molecular weight is 350 g/mol. The summed E-state index contributed by atoms with van der Waals surface area (Å²) >= 11 is 0. The second kappa shape index (κ2) is 8.29. The SMILES string of the molecule is COC(=O)c1cccc(COC2CCN(C(=O)OC(C)(C)C)CC2)n1. The standard InChI is InChI=1S/C18H26N2O5/c1-18(2,3)25-17(22)20-10-8-14(9-11-20)24-12-13-6-5-7-15(19-13)16(21)23-4/h5-7,14H,8-12H2,1-4H3. The van der Waals surface area contributed by atoms with E-state index in [1.807, 2.05) is 26.8 Å². The van der Waals surface area contributed by atoms with Gasteiger partial charge in [0, 0.05) is 13.1 Å². The van der Waals surface area contributed by atoms with Crippen LogP contribution in [0.25, 0.3) is 0 Å². The zero-order chi connectivity index (χ0) is 18.4. The third-order valence-electron chi connectivity index (χ3n) is 3.76. The molecule has 0 bridgehead atoms. The average Bonchev–Trinajstić information content (AvgIpc) is 2.58. The van der Waals surface area contributed by atoms with Gasteiger partial charge >= 0.3 is 12.1 Å². The second-order valence-electron chi connectivity index (χ2n) is 6.98. The molecule has 0 aromatic carbocycles. The van der Waals surface area contributed by atoms with Crippen molar-refractivity contribution in [1.29, 1.82) is 0 Å². The lowest BCUT2D eigenvalue weighted by Crippen LogP contribution is -2.43. The molecular weight excluding hydrogens is 324 g/mol. The Morgan fingerprint density at radius 3 is 2.52 bits per heavy atom. The van der Waals surface area contributed by atoms with E-state index in [1.54, 1.807) is 17.0 Å². The van der Waals surface area contributed by atoms with Crippen LogP contribution in [0.4, 0.5) is 4.79 Å². The number of carbonyl (C=O) groups is 2. The summed E-state index contributed by atoms with van der Waals surface area (Å²) in [4.78, 5) is 29.5. The highest BCUT2D eigenvalue weighted by molar-refractivity contribution is 5.87. The number of nitrogens with zero attached hydrogens (tertiary/aromatic N) is 2. The summed E-state index contributed by atoms with van der Waals surface area (Å²) in [6, 6.07) is 5.17. The molecule has 1 aromatic heterocycles. The zero-order valence-corrected chi connectivity index (χ0v) is 15.3. The number of ether oxygens (including phenoxy) is 3. The van der Waals surface area contributed by atoms with Gasteiger partial charge in [0.15, 0.2) is 0 Å². The third-order valence-corrected chi connectivity index (χ3v) is 3.76. The van der Waals surface area contributed by atoms with Crippen molar-refractivity contribution in [2.24, 2.45) is 0 Å². The molecule has 7 heteroatoms. The number of hydrogen-bond donors (Lipinski definition) is 0. The van der Waals surface area contributed by atoms with Gasteiger partial charge in [-0.15, -0.1) is 0 Å². The molecule has 2 heterocycles. The van der Waals surface area contributed by atoms with Crippen molar-refractivity contribution in [2.45, 2.75) is 51.9 Å². The maximum absolute atomic E-state index is 12.0. The molecule has 1 aliphatic heterocycles. The normalized spacial score (nSPS) is 15.8. The molecule has 0 aliphatic carbocycles. The Hall–Kier alpha value is -2.15. The van der Waals surface area contributed by atoms with Crippen molar-refractivity contribution in [2.75, 3.05) is 20.2 Å². The van der Waals surface area contributed by atoms with Crippen LogP contribution in [0.15, 0.2) is 18.2 Å². The largest absolute Gasteiger partial charge is 0.464 e. The second-order valence-corrected chi connectivity index (χ2v) is 6.98. The highest BCUT2D eigenvalue weighted by Gasteiger charge is 2.27. The first kappa shape index (κ1) is 19.2. The Morgan fingerprint density at radius 2 is 1.92 bits per heavy atom. The van der Waals surface area contributed by atoms with Crippen LogP contribution in [0.2, 0.25) is 0 Å². The summed E-state index contributed by atoms with van der Waals surface area (Å²) in [7, 11) is 1.33. The van der Waals surface area contributed by atoms with E-state index in [4.69, 9.17) is 9.47 Å². The van der Waals surface area contributed by atoms with E-state index in [0.29, 0.717) is 25.4 Å². The van der Waals surface area contributed by atoms with Crippen LogP contribution in [0.3, 0.4) is 0 Å². The fraction of sp³-hybridized carbons (Fsp3) is 0.611.